The van der Waals surface area contributed by atoms with E-state index in [0.29, 0.717) is 12.6 Å². The van der Waals surface area contributed by atoms with Crippen LogP contribution in [0.3, 0.4) is 0 Å². The lowest BCUT2D eigenvalue weighted by Gasteiger charge is -2.26. The third-order valence-electron chi connectivity index (χ3n) is 6.13. The molecule has 0 saturated heterocycles. The maximum absolute atomic E-state index is 12.0. The fraction of sp³-hybridized carbons (Fsp3) is 0.333. The molecular formula is C24H26N6O. The third-order valence-corrected chi connectivity index (χ3v) is 6.13. The maximum Gasteiger partial charge on any atom is 0.219 e. The van der Waals surface area contributed by atoms with Gasteiger partial charge in [0.15, 0.2) is 0 Å². The van der Waals surface area contributed by atoms with Gasteiger partial charge in [0.1, 0.15) is 0 Å². The Morgan fingerprint density at radius 1 is 1.19 bits per heavy atom. The molecule has 0 radical (unpaired) electrons. The highest BCUT2D eigenvalue weighted by molar-refractivity contribution is 5.97. The predicted octanol–water partition coefficient (Wildman–Crippen LogP) is 3.98. The van der Waals surface area contributed by atoms with E-state index < -0.39 is 0 Å². The molecule has 1 aliphatic heterocycles. The first-order chi connectivity index (χ1) is 14.9. The number of nitrogens with zero attached hydrogens (tertiary/aromatic N) is 6. The number of benzene rings is 1. The second-order valence-electron chi connectivity index (χ2n) is 8.49. The molecule has 4 aromatic rings. The number of aryl methyl sites for hydroxylation is 1. The second kappa shape index (κ2) is 7.34. The number of fused-ring (bicyclic) bond motifs is 2. The van der Waals surface area contributed by atoms with Gasteiger partial charge in [-0.2, -0.15) is 10.2 Å². The van der Waals surface area contributed by atoms with Crippen LogP contribution < -0.4 is 0 Å². The van der Waals surface area contributed by atoms with Crippen LogP contribution in [0.25, 0.3) is 33.3 Å². The topological polar surface area (TPSA) is 68.8 Å². The van der Waals surface area contributed by atoms with Crippen molar-refractivity contribution in [3.05, 3.63) is 54.1 Å². The molecule has 7 heteroatoms. The summed E-state index contributed by atoms with van der Waals surface area (Å²) in [5.74, 6) is 0.103. The van der Waals surface area contributed by atoms with Crippen LogP contribution in [0.15, 0.2) is 42.9 Å². The van der Waals surface area contributed by atoms with Crippen molar-refractivity contribution in [1.82, 2.24) is 29.4 Å². The second-order valence-corrected chi connectivity index (χ2v) is 8.49. The summed E-state index contributed by atoms with van der Waals surface area (Å²) in [6.07, 6.45) is 6.66. The molecule has 1 aliphatic rings. The molecule has 3 aromatic heterocycles. The summed E-state index contributed by atoms with van der Waals surface area (Å²) in [4.78, 5) is 18.6. The summed E-state index contributed by atoms with van der Waals surface area (Å²) in [5, 5.41) is 11.5. The highest BCUT2D eigenvalue weighted by Crippen LogP contribution is 2.35. The van der Waals surface area contributed by atoms with Crippen molar-refractivity contribution in [3.63, 3.8) is 0 Å². The molecule has 0 N–H and O–H groups in total. The summed E-state index contributed by atoms with van der Waals surface area (Å²) < 4.78 is 3.90. The first kappa shape index (κ1) is 19.5. The zero-order valence-electron chi connectivity index (χ0n) is 18.3. The maximum atomic E-state index is 12.0. The molecule has 0 aliphatic carbocycles. The van der Waals surface area contributed by atoms with E-state index in [9.17, 15) is 4.79 Å². The van der Waals surface area contributed by atoms with Gasteiger partial charge in [0.2, 0.25) is 5.91 Å². The molecule has 158 valence electrons. The van der Waals surface area contributed by atoms with Gasteiger partial charge in [-0.15, -0.1) is 0 Å². The van der Waals surface area contributed by atoms with Gasteiger partial charge in [0, 0.05) is 79.7 Å². The summed E-state index contributed by atoms with van der Waals surface area (Å²) in [7, 11) is 1.99. The SMILES string of the molecule is CC(=O)N1CCc2c(c(-c3cccc4cc(-c5cnn(C(C)C)c5)ncc34)nn2C)C1. The van der Waals surface area contributed by atoms with Gasteiger partial charge in [0.05, 0.1) is 17.6 Å². The number of carbonyl (C=O) groups excluding carboxylic acids is 1. The van der Waals surface area contributed by atoms with E-state index in [1.807, 2.05) is 39.9 Å². The van der Waals surface area contributed by atoms with E-state index in [4.69, 9.17) is 10.1 Å². The summed E-state index contributed by atoms with van der Waals surface area (Å²) in [5.41, 5.74) is 6.25. The van der Waals surface area contributed by atoms with Crippen molar-refractivity contribution in [2.75, 3.05) is 6.54 Å². The van der Waals surface area contributed by atoms with Crippen LogP contribution >= 0.6 is 0 Å². The minimum Gasteiger partial charge on any atom is -0.338 e. The van der Waals surface area contributed by atoms with E-state index in [1.54, 1.807) is 6.92 Å². The van der Waals surface area contributed by atoms with E-state index in [-0.39, 0.29) is 5.91 Å². The Morgan fingerprint density at radius 3 is 2.77 bits per heavy atom. The van der Waals surface area contributed by atoms with Crippen molar-refractivity contribution in [2.45, 2.75) is 39.8 Å². The minimum absolute atomic E-state index is 0.103. The molecule has 5 rings (SSSR count). The molecule has 7 nitrogen and oxygen atoms in total. The van der Waals surface area contributed by atoms with Crippen molar-refractivity contribution in [2.24, 2.45) is 7.05 Å². The van der Waals surface area contributed by atoms with E-state index in [0.717, 1.165) is 51.8 Å². The summed E-state index contributed by atoms with van der Waals surface area (Å²) in [6, 6.07) is 8.68. The standard InChI is InChI=1S/C24H26N6O/c1-15(2)30-13-18(11-26-30)22-10-17-6-5-7-19(20(17)12-25-22)24-21-14-29(16(3)31)9-8-23(21)28(4)27-24/h5-7,10-13,15H,8-9,14H2,1-4H3. The van der Waals surface area contributed by atoms with Gasteiger partial charge in [-0.1, -0.05) is 18.2 Å². The molecule has 0 saturated carbocycles. The van der Waals surface area contributed by atoms with Crippen LogP contribution in [0.1, 0.15) is 38.1 Å². The van der Waals surface area contributed by atoms with Gasteiger partial charge < -0.3 is 4.90 Å². The first-order valence-corrected chi connectivity index (χ1v) is 10.7. The molecule has 0 fully saturated rings. The van der Waals surface area contributed by atoms with Crippen molar-refractivity contribution < 1.29 is 4.79 Å². The number of hydrogen-bond acceptors (Lipinski definition) is 4. The highest BCUT2D eigenvalue weighted by Gasteiger charge is 2.26. The average molecular weight is 415 g/mol. The number of hydrogen-bond donors (Lipinski definition) is 0. The van der Waals surface area contributed by atoms with Crippen molar-refractivity contribution >= 4 is 16.7 Å². The lowest BCUT2D eigenvalue weighted by atomic mass is 9.97. The number of rotatable bonds is 3. The molecule has 1 amide bonds. The minimum atomic E-state index is 0.103. The van der Waals surface area contributed by atoms with Crippen LogP contribution in [-0.2, 0) is 24.8 Å². The van der Waals surface area contributed by atoms with Gasteiger partial charge in [-0.25, -0.2) is 0 Å². The van der Waals surface area contributed by atoms with Gasteiger partial charge in [-0.3, -0.25) is 19.1 Å². The summed E-state index contributed by atoms with van der Waals surface area (Å²) >= 11 is 0. The fourth-order valence-electron chi connectivity index (χ4n) is 4.37. The zero-order valence-corrected chi connectivity index (χ0v) is 18.3. The van der Waals surface area contributed by atoms with E-state index in [2.05, 4.69) is 43.2 Å². The number of pyridine rings is 1. The van der Waals surface area contributed by atoms with Crippen molar-refractivity contribution in [3.8, 4) is 22.5 Å². The quantitative estimate of drug-likeness (QED) is 0.508. The van der Waals surface area contributed by atoms with Crippen LogP contribution in [-0.4, -0.2) is 41.9 Å². The molecular weight excluding hydrogens is 388 g/mol. The molecule has 0 bridgehead atoms. The molecule has 0 spiro atoms. The third kappa shape index (κ3) is 3.30. The van der Waals surface area contributed by atoms with Crippen LogP contribution in [0.5, 0.6) is 0 Å². The fourth-order valence-corrected chi connectivity index (χ4v) is 4.37. The monoisotopic (exact) mass is 414 g/mol. The molecule has 0 unspecified atom stereocenters. The van der Waals surface area contributed by atoms with E-state index in [1.165, 1.54) is 5.69 Å². The average Bonchev–Trinajstić information content (AvgIpc) is 3.38. The Morgan fingerprint density at radius 2 is 2.03 bits per heavy atom. The smallest absolute Gasteiger partial charge is 0.219 e. The van der Waals surface area contributed by atoms with Gasteiger partial charge in [-0.05, 0) is 25.3 Å². The molecule has 4 heterocycles. The normalized spacial score (nSPS) is 13.8. The largest absolute Gasteiger partial charge is 0.338 e. The lowest BCUT2D eigenvalue weighted by molar-refractivity contribution is -0.129. The molecule has 31 heavy (non-hydrogen) atoms. The molecule has 1 aromatic carbocycles. The van der Waals surface area contributed by atoms with Crippen LogP contribution in [0.4, 0.5) is 0 Å². The molecule has 0 atom stereocenters. The highest BCUT2D eigenvalue weighted by atomic mass is 16.2. The zero-order chi connectivity index (χ0) is 21.7. The Balaban J connectivity index is 1.60. The number of amides is 1. The lowest BCUT2D eigenvalue weighted by Crippen LogP contribution is -2.34. The number of carbonyl (C=O) groups is 1. The Kier molecular flexibility index (Phi) is 4.61. The van der Waals surface area contributed by atoms with Crippen LogP contribution in [0, 0.1) is 0 Å². The predicted molar refractivity (Wildman–Crippen MR) is 120 cm³/mol. The van der Waals surface area contributed by atoms with Crippen LogP contribution in [0.2, 0.25) is 0 Å². The Bertz CT molecular complexity index is 1300. The number of aromatic nitrogens is 5. The Labute approximate surface area is 181 Å². The summed E-state index contributed by atoms with van der Waals surface area (Å²) in [6.45, 7) is 7.19. The first-order valence-electron chi connectivity index (χ1n) is 10.7. The van der Waals surface area contributed by atoms with Gasteiger partial charge >= 0.3 is 0 Å². The Hall–Kier alpha value is -3.48. The van der Waals surface area contributed by atoms with Gasteiger partial charge in [0.25, 0.3) is 0 Å². The van der Waals surface area contributed by atoms with Crippen molar-refractivity contribution in [1.29, 1.82) is 0 Å². The van der Waals surface area contributed by atoms with E-state index >= 15 is 0 Å².